The van der Waals surface area contributed by atoms with Gasteiger partial charge in [-0.3, -0.25) is 0 Å². The van der Waals surface area contributed by atoms with Crippen LogP contribution in [0.2, 0.25) is 0 Å². The van der Waals surface area contributed by atoms with E-state index in [1.807, 2.05) is 0 Å². The second-order valence-electron chi connectivity index (χ2n) is 22.7. The molecule has 7 aromatic carbocycles. The lowest BCUT2D eigenvalue weighted by atomic mass is 9.43. The molecule has 2 aliphatic rings. The quantitative estimate of drug-likeness (QED) is 0.155. The topological polar surface area (TPSA) is 34.5 Å². The zero-order chi connectivity index (χ0) is 43.9. The van der Waals surface area contributed by atoms with Crippen LogP contribution in [0.15, 0.2) is 124 Å². The minimum atomic E-state index is -0.160. The first-order chi connectivity index (χ1) is 29.8. The minimum Gasteiger partial charge on any atom is -0.456 e. The Morgan fingerprint density at radius 1 is 0.460 bits per heavy atom. The lowest BCUT2D eigenvalue weighted by Crippen LogP contribution is -2.60. The van der Waals surface area contributed by atoms with Crippen LogP contribution in [0.5, 0.6) is 0 Å². The molecule has 0 aliphatic carbocycles. The molecule has 0 saturated heterocycles. The van der Waals surface area contributed by atoms with E-state index in [9.17, 15) is 0 Å². The molecule has 0 saturated carbocycles. The average Bonchev–Trinajstić information content (AvgIpc) is 3.90. The first-order valence-corrected chi connectivity index (χ1v) is 22.8. The molecule has 10 aromatic rings. The number of aromatic nitrogens is 1. The third kappa shape index (κ3) is 5.35. The molecule has 0 amide bonds. The van der Waals surface area contributed by atoms with Crippen LogP contribution in [-0.2, 0) is 21.7 Å². The van der Waals surface area contributed by atoms with Gasteiger partial charge in [-0.2, -0.15) is 0 Å². The number of anilines is 2. The van der Waals surface area contributed by atoms with Gasteiger partial charge in [0, 0.05) is 60.5 Å². The van der Waals surface area contributed by atoms with Crippen molar-refractivity contribution >= 4 is 94.8 Å². The Balaban J connectivity index is 1.31. The van der Waals surface area contributed by atoms with Crippen LogP contribution in [0.1, 0.15) is 105 Å². The molecule has 5 heteroatoms. The van der Waals surface area contributed by atoms with E-state index in [1.54, 1.807) is 0 Å². The zero-order valence-corrected chi connectivity index (χ0v) is 38.8. The molecule has 0 radical (unpaired) electrons. The maximum absolute atomic E-state index is 7.27. The number of nitrogens with zero attached hydrogens (tertiary/aromatic N) is 2. The third-order valence-corrected chi connectivity index (χ3v) is 14.4. The van der Waals surface area contributed by atoms with Crippen molar-refractivity contribution < 1.29 is 8.83 Å². The summed E-state index contributed by atoms with van der Waals surface area (Å²) in [6.07, 6.45) is 0. The smallest absolute Gasteiger partial charge is 0.333 e. The predicted molar refractivity (Wildman–Crippen MR) is 269 cm³/mol. The van der Waals surface area contributed by atoms with Crippen molar-refractivity contribution in [3.8, 4) is 16.8 Å². The Kier molecular flexibility index (Phi) is 7.50. The summed E-state index contributed by atoms with van der Waals surface area (Å²) < 4.78 is 16.8. The Morgan fingerprint density at radius 3 is 1.79 bits per heavy atom. The zero-order valence-electron chi connectivity index (χ0n) is 38.8. The monoisotopic (exact) mass is 822 g/mol. The van der Waals surface area contributed by atoms with Crippen molar-refractivity contribution in [2.75, 3.05) is 4.81 Å². The van der Waals surface area contributed by atoms with Gasteiger partial charge in [-0.1, -0.05) is 144 Å². The van der Waals surface area contributed by atoms with Gasteiger partial charge < -0.3 is 18.2 Å². The maximum atomic E-state index is 7.27. The maximum Gasteiger partial charge on any atom is 0.333 e. The van der Waals surface area contributed by atoms with Gasteiger partial charge in [0.15, 0.2) is 0 Å². The van der Waals surface area contributed by atoms with Crippen LogP contribution in [0.25, 0.3) is 82.5 Å². The summed E-state index contributed by atoms with van der Waals surface area (Å²) in [5.41, 5.74) is 19.6. The number of benzene rings is 7. The molecule has 0 bridgehead atoms. The molecular weight excluding hydrogens is 767 g/mol. The van der Waals surface area contributed by atoms with Crippen LogP contribution < -0.4 is 15.7 Å². The lowest BCUT2D eigenvalue weighted by Gasteiger charge is -2.42. The second-order valence-corrected chi connectivity index (χ2v) is 22.7. The van der Waals surface area contributed by atoms with E-state index in [0.717, 1.165) is 61.0 Å². The van der Waals surface area contributed by atoms with Crippen LogP contribution in [0.4, 0.5) is 11.4 Å². The highest BCUT2D eigenvalue weighted by atomic mass is 16.3. The fourth-order valence-corrected chi connectivity index (χ4v) is 10.9. The predicted octanol–water partition coefficient (Wildman–Crippen LogP) is 15.0. The van der Waals surface area contributed by atoms with Crippen molar-refractivity contribution in [1.82, 2.24) is 4.57 Å². The summed E-state index contributed by atoms with van der Waals surface area (Å²) in [5.74, 6) is 0. The summed E-state index contributed by atoms with van der Waals surface area (Å²) in [4.78, 5) is 2.65. The standard InChI is InChI=1S/C58H55BN2O2/c1-55(2,3)32-17-22-36(23-18-32)61-45-30-39-37-24-19-35(58(10,11)12)29-47(37)62-48(39)31-41(45)51-52-53-49(50-38-15-13-14-16-46(38)63-54(50)51)40-27-33(56(4,5)6)20-25-43(40)60(53)44-26-21-34(57(7,8)9)28-42(44)59(52)61/h13-31H,1-12H3. The highest BCUT2D eigenvalue weighted by Crippen LogP contribution is 2.53. The van der Waals surface area contributed by atoms with E-state index in [-0.39, 0.29) is 28.5 Å². The molecule has 0 atom stereocenters. The van der Waals surface area contributed by atoms with E-state index in [2.05, 4.69) is 208 Å². The number of rotatable bonds is 1. The molecule has 0 fully saturated rings. The first kappa shape index (κ1) is 38.5. The number of furan rings is 2. The average molecular weight is 823 g/mol. The van der Waals surface area contributed by atoms with Gasteiger partial charge >= 0.3 is 6.85 Å². The minimum absolute atomic E-state index is 0.00644. The van der Waals surface area contributed by atoms with Gasteiger partial charge in [-0.05, 0) is 109 Å². The molecule has 312 valence electrons. The van der Waals surface area contributed by atoms with Crippen molar-refractivity contribution in [2.45, 2.75) is 105 Å². The van der Waals surface area contributed by atoms with Gasteiger partial charge in [0.05, 0.1) is 11.0 Å². The van der Waals surface area contributed by atoms with Gasteiger partial charge in [0.25, 0.3) is 0 Å². The highest BCUT2D eigenvalue weighted by Gasteiger charge is 2.47. The molecule has 4 nitrogen and oxygen atoms in total. The highest BCUT2D eigenvalue weighted by molar-refractivity contribution is 6.94. The van der Waals surface area contributed by atoms with Crippen LogP contribution >= 0.6 is 0 Å². The number of fused-ring (bicyclic) bond motifs is 16. The summed E-state index contributed by atoms with van der Waals surface area (Å²) >= 11 is 0. The first-order valence-electron chi connectivity index (χ1n) is 22.8. The fraction of sp³-hybridized carbons (Fsp3) is 0.276. The van der Waals surface area contributed by atoms with Crippen LogP contribution in [0, 0.1) is 0 Å². The van der Waals surface area contributed by atoms with Crippen molar-refractivity contribution in [1.29, 1.82) is 0 Å². The summed E-state index contributed by atoms with van der Waals surface area (Å²) in [5, 5.41) is 7.09. The molecular formula is C58H55BN2O2. The Labute approximate surface area is 370 Å². The van der Waals surface area contributed by atoms with Gasteiger partial charge in [-0.25, -0.2) is 0 Å². The summed E-state index contributed by atoms with van der Waals surface area (Å²) in [6.45, 7) is 27.5. The summed E-state index contributed by atoms with van der Waals surface area (Å²) in [7, 11) is 0. The largest absolute Gasteiger partial charge is 0.456 e. The fourth-order valence-electron chi connectivity index (χ4n) is 10.9. The molecule has 2 aliphatic heterocycles. The van der Waals surface area contributed by atoms with Crippen molar-refractivity contribution in [3.63, 3.8) is 0 Å². The van der Waals surface area contributed by atoms with E-state index in [1.165, 1.54) is 66.1 Å². The Morgan fingerprint density at radius 2 is 1.08 bits per heavy atom. The Bertz CT molecular complexity index is 3600. The Hall–Kier alpha value is -6.20. The number of hydrogen-bond acceptors (Lipinski definition) is 3. The van der Waals surface area contributed by atoms with Crippen LogP contribution in [0.3, 0.4) is 0 Å². The van der Waals surface area contributed by atoms with Gasteiger partial charge in [-0.15, -0.1) is 0 Å². The SMILES string of the molecule is CC(C)(C)c1ccc(N2B3c4cc(C(C)(C)C)ccc4-n4c5ccc(C(C)(C)C)cc5c5c6c(oc7ccccc76)c(c3c54)-c3cc4oc5cc(C(C)(C)C)ccc5c4cc32)cc1. The number of hydrogen-bond donors (Lipinski definition) is 0. The van der Waals surface area contributed by atoms with E-state index < -0.39 is 0 Å². The van der Waals surface area contributed by atoms with Gasteiger partial charge in [0.1, 0.15) is 22.3 Å². The molecule has 3 aromatic heterocycles. The van der Waals surface area contributed by atoms with Gasteiger partial charge in [0.2, 0.25) is 0 Å². The lowest BCUT2D eigenvalue weighted by molar-refractivity contribution is 0.587. The summed E-state index contributed by atoms with van der Waals surface area (Å²) in [6, 6.07) is 44.0. The van der Waals surface area contributed by atoms with Crippen molar-refractivity contribution in [3.05, 3.63) is 138 Å². The van der Waals surface area contributed by atoms with E-state index in [0.29, 0.717) is 0 Å². The van der Waals surface area contributed by atoms with Crippen molar-refractivity contribution in [2.24, 2.45) is 0 Å². The molecule has 5 heterocycles. The van der Waals surface area contributed by atoms with E-state index in [4.69, 9.17) is 8.83 Å². The normalized spacial score (nSPS) is 14.3. The van der Waals surface area contributed by atoms with Crippen LogP contribution in [-0.4, -0.2) is 11.4 Å². The molecule has 12 rings (SSSR count). The van der Waals surface area contributed by atoms with E-state index >= 15 is 0 Å². The molecule has 0 N–H and O–H groups in total. The third-order valence-electron chi connectivity index (χ3n) is 14.4. The number of para-hydroxylation sites is 1. The molecule has 0 unspecified atom stereocenters. The molecule has 63 heavy (non-hydrogen) atoms. The molecule has 0 spiro atoms. The second kappa shape index (κ2) is 12.3.